The van der Waals surface area contributed by atoms with Crippen molar-refractivity contribution in [2.75, 3.05) is 0 Å². The fourth-order valence-electron chi connectivity index (χ4n) is 3.37. The molecule has 2 aromatic carbocycles. The highest BCUT2D eigenvalue weighted by atomic mass is 16.4. The number of Topliss-reactive ketones (excluding diaryl/α,β-unsaturated/α-hetero) is 2. The van der Waals surface area contributed by atoms with Gasteiger partial charge < -0.3 is 8.83 Å². The first-order chi connectivity index (χ1) is 14.8. The zero-order chi connectivity index (χ0) is 22.3. The summed E-state index contributed by atoms with van der Waals surface area (Å²) in [5.74, 6) is -0.898. The zero-order valence-corrected chi connectivity index (χ0v) is 17.1. The monoisotopic (exact) mass is 418 g/mol. The third kappa shape index (κ3) is 3.68. The van der Waals surface area contributed by atoms with Gasteiger partial charge in [0.15, 0.2) is 11.6 Å². The van der Waals surface area contributed by atoms with E-state index in [2.05, 4.69) is 9.97 Å². The Morgan fingerprint density at radius 1 is 0.806 bits per heavy atom. The van der Waals surface area contributed by atoms with Crippen LogP contribution in [0.1, 0.15) is 65.6 Å². The summed E-state index contributed by atoms with van der Waals surface area (Å²) in [6.07, 6.45) is 0.403. The number of ketones is 2. The van der Waals surface area contributed by atoms with Crippen molar-refractivity contribution >= 4 is 33.4 Å². The predicted octanol–water partition coefficient (Wildman–Crippen LogP) is 3.64. The molecule has 2 aromatic heterocycles. The maximum absolute atomic E-state index is 12.5. The van der Waals surface area contributed by atoms with Crippen molar-refractivity contribution in [3.63, 3.8) is 0 Å². The van der Waals surface area contributed by atoms with Gasteiger partial charge in [0.05, 0.1) is 21.8 Å². The lowest BCUT2D eigenvalue weighted by molar-refractivity contribution is 0.100. The molecule has 156 valence electrons. The average molecular weight is 418 g/mol. The van der Waals surface area contributed by atoms with Gasteiger partial charge in [-0.15, -0.1) is 0 Å². The molecule has 0 saturated heterocycles. The highest BCUT2D eigenvalue weighted by molar-refractivity contribution is 5.98. The van der Waals surface area contributed by atoms with Crippen LogP contribution in [0, 0.1) is 0 Å². The van der Waals surface area contributed by atoms with Crippen LogP contribution in [0.15, 0.2) is 54.8 Å². The van der Waals surface area contributed by atoms with Gasteiger partial charge in [-0.25, -0.2) is 19.6 Å². The van der Waals surface area contributed by atoms with Crippen LogP contribution in [0.3, 0.4) is 0 Å². The molecular weight excluding hydrogens is 400 g/mol. The largest absolute Gasteiger partial charge is 0.407 e. The Hall–Kier alpha value is -3.94. The van der Waals surface area contributed by atoms with Crippen molar-refractivity contribution in [3.05, 3.63) is 80.1 Å². The second-order valence-corrected chi connectivity index (χ2v) is 7.22. The van der Waals surface area contributed by atoms with E-state index in [1.165, 1.54) is 26.0 Å². The van der Waals surface area contributed by atoms with Crippen molar-refractivity contribution in [2.24, 2.45) is 0 Å². The summed E-state index contributed by atoms with van der Waals surface area (Å²) in [6.45, 7) is 4.63. The minimum Gasteiger partial charge on any atom is -0.407 e. The molecule has 0 atom stereocenters. The molecule has 0 bridgehead atoms. The number of aromatic nitrogens is 2. The van der Waals surface area contributed by atoms with Crippen LogP contribution in [0.25, 0.3) is 21.8 Å². The first kappa shape index (κ1) is 20.3. The highest BCUT2D eigenvalue weighted by Crippen LogP contribution is 2.26. The molecule has 0 saturated carbocycles. The molecule has 4 rings (SSSR count). The van der Waals surface area contributed by atoms with E-state index in [9.17, 15) is 19.2 Å². The topological polar surface area (TPSA) is 120 Å². The van der Waals surface area contributed by atoms with Crippen molar-refractivity contribution < 1.29 is 18.4 Å². The fourth-order valence-corrected chi connectivity index (χ4v) is 3.37. The van der Waals surface area contributed by atoms with E-state index in [0.717, 1.165) is 0 Å². The average Bonchev–Trinajstić information content (AvgIpc) is 2.73. The minimum atomic E-state index is -0.672. The number of nitrogens with zero attached hydrogens (tertiary/aromatic N) is 2. The van der Waals surface area contributed by atoms with E-state index in [4.69, 9.17) is 8.83 Å². The number of carbonyl (C=O) groups excluding carboxylic acids is 2. The second-order valence-electron chi connectivity index (χ2n) is 7.22. The van der Waals surface area contributed by atoms with Gasteiger partial charge in [0.2, 0.25) is 11.8 Å². The van der Waals surface area contributed by atoms with Gasteiger partial charge >= 0.3 is 11.3 Å². The Kier molecular flexibility index (Phi) is 5.06. The molecule has 31 heavy (non-hydrogen) atoms. The molecule has 0 aliphatic carbocycles. The third-order valence-corrected chi connectivity index (χ3v) is 5.11. The maximum Gasteiger partial charge on any atom is 0.346 e. The molecule has 0 spiro atoms. The predicted molar refractivity (Wildman–Crippen MR) is 113 cm³/mol. The summed E-state index contributed by atoms with van der Waals surface area (Å²) in [7, 11) is 0. The maximum atomic E-state index is 12.5. The molecule has 8 heteroatoms. The Labute approximate surface area is 175 Å². The van der Waals surface area contributed by atoms with Crippen molar-refractivity contribution in [1.82, 2.24) is 9.97 Å². The first-order valence-corrected chi connectivity index (χ1v) is 9.70. The van der Waals surface area contributed by atoms with Gasteiger partial charge in [-0.1, -0.05) is 6.92 Å². The van der Waals surface area contributed by atoms with Crippen molar-refractivity contribution in [3.8, 4) is 0 Å². The number of hydrogen-bond donors (Lipinski definition) is 0. The molecule has 0 unspecified atom stereocenters. The highest BCUT2D eigenvalue weighted by Gasteiger charge is 2.24. The van der Waals surface area contributed by atoms with Crippen LogP contribution < -0.4 is 11.3 Å². The van der Waals surface area contributed by atoms with Crippen molar-refractivity contribution in [1.29, 1.82) is 0 Å². The number of carbonyl (C=O) groups is 2. The van der Waals surface area contributed by atoms with Gasteiger partial charge in [-0.2, -0.15) is 0 Å². The molecule has 4 aromatic rings. The van der Waals surface area contributed by atoms with Gasteiger partial charge in [0, 0.05) is 11.1 Å². The van der Waals surface area contributed by atoms with E-state index < -0.39 is 17.2 Å². The Morgan fingerprint density at radius 3 is 1.58 bits per heavy atom. The lowest BCUT2D eigenvalue weighted by Crippen LogP contribution is -2.14. The minimum absolute atomic E-state index is 0.0610. The molecule has 0 N–H and O–H groups in total. The molecule has 0 aliphatic rings. The van der Waals surface area contributed by atoms with Crippen LogP contribution in [-0.4, -0.2) is 21.5 Å². The Bertz CT molecular complexity index is 1370. The van der Waals surface area contributed by atoms with Crippen LogP contribution >= 0.6 is 0 Å². The van der Waals surface area contributed by atoms with E-state index in [1.54, 1.807) is 24.3 Å². The molecular formula is C23H18N2O6. The van der Waals surface area contributed by atoms with E-state index in [1.807, 2.05) is 6.92 Å². The molecule has 0 aliphatic heterocycles. The quantitative estimate of drug-likeness (QED) is 0.451. The van der Waals surface area contributed by atoms with E-state index in [0.29, 0.717) is 28.6 Å². The Balaban J connectivity index is 1.85. The number of benzene rings is 2. The summed E-state index contributed by atoms with van der Waals surface area (Å²) in [6, 6.07) is 9.22. The summed E-state index contributed by atoms with van der Waals surface area (Å²) < 4.78 is 10.8. The Morgan fingerprint density at radius 2 is 1.23 bits per heavy atom. The van der Waals surface area contributed by atoms with Crippen LogP contribution in [0.2, 0.25) is 0 Å². The van der Waals surface area contributed by atoms with E-state index in [-0.39, 0.29) is 34.1 Å². The summed E-state index contributed by atoms with van der Waals surface area (Å²) in [5.41, 5.74) is 0.210. The number of hydrogen-bond acceptors (Lipinski definition) is 8. The molecule has 2 heterocycles. The molecule has 0 fully saturated rings. The van der Waals surface area contributed by atoms with Crippen molar-refractivity contribution in [2.45, 2.75) is 33.1 Å². The van der Waals surface area contributed by atoms with Gasteiger partial charge in [0.25, 0.3) is 0 Å². The zero-order valence-electron chi connectivity index (χ0n) is 17.1. The number of rotatable bonds is 5. The summed E-state index contributed by atoms with van der Waals surface area (Å²) in [4.78, 5) is 57.1. The summed E-state index contributed by atoms with van der Waals surface area (Å²) >= 11 is 0. The van der Waals surface area contributed by atoms with Crippen LogP contribution in [-0.2, 0) is 0 Å². The number of fused-ring (bicyclic) bond motifs is 2. The first-order valence-electron chi connectivity index (χ1n) is 9.70. The van der Waals surface area contributed by atoms with E-state index >= 15 is 0 Å². The molecule has 0 radical (unpaired) electrons. The van der Waals surface area contributed by atoms with Gasteiger partial charge in [-0.3, -0.25) is 9.59 Å². The SMILES string of the molecule is CCC(c1nc2ccc(C(C)=O)cc2c(=O)o1)c1nc2ccc(C(C)=O)cc2c(=O)o1. The molecule has 8 nitrogen and oxygen atoms in total. The normalized spacial score (nSPS) is 11.4. The molecule has 0 amide bonds. The van der Waals surface area contributed by atoms with Gasteiger partial charge in [-0.05, 0) is 56.7 Å². The van der Waals surface area contributed by atoms with Crippen LogP contribution in [0.5, 0.6) is 0 Å². The van der Waals surface area contributed by atoms with Crippen LogP contribution in [0.4, 0.5) is 0 Å². The smallest absolute Gasteiger partial charge is 0.346 e. The summed E-state index contributed by atoms with van der Waals surface area (Å²) in [5, 5.41) is 0.381. The lowest BCUT2D eigenvalue weighted by Gasteiger charge is -2.12. The standard InChI is InChI=1S/C23H18N2O6/c1-4-15(20-24-18-7-5-13(11(2)26)9-16(18)22(28)30-20)21-25-19-8-6-14(12(3)27)10-17(19)23(29)31-21/h5-10,15H,4H2,1-3H3. The second kappa shape index (κ2) is 7.71. The third-order valence-electron chi connectivity index (χ3n) is 5.11. The fraction of sp³-hybridized carbons (Fsp3) is 0.217. The lowest BCUT2D eigenvalue weighted by atomic mass is 10.0. The van der Waals surface area contributed by atoms with Gasteiger partial charge in [0.1, 0.15) is 5.92 Å².